The van der Waals surface area contributed by atoms with E-state index in [0.29, 0.717) is 10.6 Å². The number of hydrogen-bond acceptors (Lipinski definition) is 5. The molecule has 2 aromatic heterocycles. The number of aryl methyl sites for hydroxylation is 1. The van der Waals surface area contributed by atoms with E-state index in [2.05, 4.69) is 21.6 Å². The molecule has 3 rings (SSSR count). The molecule has 2 aromatic rings. The summed E-state index contributed by atoms with van der Waals surface area (Å²) in [6, 6.07) is 3.35. The van der Waals surface area contributed by atoms with Crippen LogP contribution in [-0.4, -0.2) is 47.4 Å². The molecule has 7 heteroatoms. The van der Waals surface area contributed by atoms with E-state index in [1.54, 1.807) is 29.2 Å². The van der Waals surface area contributed by atoms with Crippen LogP contribution in [0.15, 0.2) is 36.0 Å². The summed E-state index contributed by atoms with van der Waals surface area (Å²) in [5, 5.41) is 4.40. The lowest BCUT2D eigenvalue weighted by atomic mass is 9.94. The van der Waals surface area contributed by atoms with Crippen LogP contribution in [-0.2, 0) is 16.4 Å². The molecular formula is C18H24N4O2S. The standard InChI is InChI=1S/C18H24N4O2S/c1-4-22-13-16(14(2)20-22)12-21-10-6-7-15(11-21)18-17(25(3,23)24)8-5-9-19-18/h4-5,8-9,13,15H,1,6-7,10-12H2,2-3H3/t15-/m0/s1. The maximum absolute atomic E-state index is 12.1. The van der Waals surface area contributed by atoms with Crippen LogP contribution < -0.4 is 0 Å². The second-order valence-electron chi connectivity index (χ2n) is 6.64. The van der Waals surface area contributed by atoms with Crippen LogP contribution in [0.2, 0.25) is 0 Å². The van der Waals surface area contributed by atoms with Crippen molar-refractivity contribution >= 4 is 16.0 Å². The number of nitrogens with zero attached hydrogens (tertiary/aromatic N) is 4. The predicted octanol–water partition coefficient (Wildman–Crippen LogP) is 2.47. The number of likely N-dealkylation sites (tertiary alicyclic amines) is 1. The maximum Gasteiger partial charge on any atom is 0.177 e. The predicted molar refractivity (Wildman–Crippen MR) is 97.9 cm³/mol. The van der Waals surface area contributed by atoms with Crippen molar-refractivity contribution in [1.82, 2.24) is 19.7 Å². The summed E-state index contributed by atoms with van der Waals surface area (Å²) >= 11 is 0. The third-order valence-corrected chi connectivity index (χ3v) is 5.83. The number of pyridine rings is 1. The van der Waals surface area contributed by atoms with Crippen LogP contribution in [0.5, 0.6) is 0 Å². The molecule has 0 aliphatic carbocycles. The van der Waals surface area contributed by atoms with E-state index in [1.807, 2.05) is 13.1 Å². The second-order valence-corrected chi connectivity index (χ2v) is 8.62. The van der Waals surface area contributed by atoms with Crippen molar-refractivity contribution in [3.05, 3.63) is 48.1 Å². The average molecular weight is 360 g/mol. The Hall–Kier alpha value is -1.99. The van der Waals surface area contributed by atoms with E-state index in [-0.39, 0.29) is 5.92 Å². The van der Waals surface area contributed by atoms with Crippen molar-refractivity contribution in [1.29, 1.82) is 0 Å². The van der Waals surface area contributed by atoms with Gasteiger partial charge < -0.3 is 0 Å². The van der Waals surface area contributed by atoms with E-state index < -0.39 is 9.84 Å². The fraction of sp³-hybridized carbons (Fsp3) is 0.444. The van der Waals surface area contributed by atoms with E-state index in [9.17, 15) is 8.42 Å². The normalized spacial score (nSPS) is 19.0. The van der Waals surface area contributed by atoms with Gasteiger partial charge in [0.1, 0.15) is 0 Å². The van der Waals surface area contributed by atoms with Crippen LogP contribution in [0, 0.1) is 6.92 Å². The Morgan fingerprint density at radius 1 is 1.44 bits per heavy atom. The van der Waals surface area contributed by atoms with Crippen LogP contribution >= 0.6 is 0 Å². The molecule has 1 aliphatic heterocycles. The molecule has 25 heavy (non-hydrogen) atoms. The monoisotopic (exact) mass is 360 g/mol. The fourth-order valence-corrected chi connectivity index (χ4v) is 4.38. The van der Waals surface area contributed by atoms with Gasteiger partial charge in [-0.25, -0.2) is 13.1 Å². The van der Waals surface area contributed by atoms with Gasteiger partial charge in [0, 0.05) is 49.4 Å². The van der Waals surface area contributed by atoms with Crippen LogP contribution in [0.4, 0.5) is 0 Å². The largest absolute Gasteiger partial charge is 0.298 e. The molecule has 6 nitrogen and oxygen atoms in total. The van der Waals surface area contributed by atoms with Gasteiger partial charge >= 0.3 is 0 Å². The summed E-state index contributed by atoms with van der Waals surface area (Å²) in [4.78, 5) is 7.12. The van der Waals surface area contributed by atoms with Gasteiger partial charge in [-0.15, -0.1) is 0 Å². The minimum atomic E-state index is -3.27. The topological polar surface area (TPSA) is 68.1 Å². The number of rotatable bonds is 5. The van der Waals surface area contributed by atoms with Crippen molar-refractivity contribution in [2.45, 2.75) is 37.1 Å². The Bertz CT molecular complexity index is 873. The summed E-state index contributed by atoms with van der Waals surface area (Å²) in [5.41, 5.74) is 2.87. The van der Waals surface area contributed by atoms with E-state index in [4.69, 9.17) is 0 Å². The quantitative estimate of drug-likeness (QED) is 0.819. The van der Waals surface area contributed by atoms with Gasteiger partial charge in [0.15, 0.2) is 9.84 Å². The lowest BCUT2D eigenvalue weighted by molar-refractivity contribution is 0.197. The van der Waals surface area contributed by atoms with Crippen molar-refractivity contribution in [2.75, 3.05) is 19.3 Å². The number of piperidine rings is 1. The van der Waals surface area contributed by atoms with E-state index in [0.717, 1.165) is 38.2 Å². The maximum atomic E-state index is 12.1. The van der Waals surface area contributed by atoms with Gasteiger partial charge in [-0.05, 0) is 38.4 Å². The zero-order valence-electron chi connectivity index (χ0n) is 14.7. The van der Waals surface area contributed by atoms with Gasteiger partial charge in [0.2, 0.25) is 0 Å². The Morgan fingerprint density at radius 2 is 2.24 bits per heavy atom. The van der Waals surface area contributed by atoms with E-state index in [1.165, 1.54) is 11.8 Å². The molecule has 3 heterocycles. The summed E-state index contributed by atoms with van der Waals surface area (Å²) < 4.78 is 25.9. The van der Waals surface area contributed by atoms with Gasteiger partial charge in [0.25, 0.3) is 0 Å². The molecule has 0 unspecified atom stereocenters. The minimum Gasteiger partial charge on any atom is -0.298 e. The summed E-state index contributed by atoms with van der Waals surface area (Å²) in [6.07, 6.45) is 8.60. The highest BCUT2D eigenvalue weighted by molar-refractivity contribution is 7.90. The van der Waals surface area contributed by atoms with Gasteiger partial charge in [-0.2, -0.15) is 5.10 Å². The molecule has 1 saturated heterocycles. The van der Waals surface area contributed by atoms with Crippen molar-refractivity contribution in [3.63, 3.8) is 0 Å². The van der Waals surface area contributed by atoms with Gasteiger partial charge in [0.05, 0.1) is 16.3 Å². The number of hydrogen-bond donors (Lipinski definition) is 0. The molecule has 0 amide bonds. The molecule has 1 atom stereocenters. The second kappa shape index (κ2) is 7.09. The highest BCUT2D eigenvalue weighted by Gasteiger charge is 2.27. The molecule has 0 saturated carbocycles. The highest BCUT2D eigenvalue weighted by atomic mass is 32.2. The summed E-state index contributed by atoms with van der Waals surface area (Å²) in [6.45, 7) is 8.34. The first-order valence-electron chi connectivity index (χ1n) is 8.43. The lowest BCUT2D eigenvalue weighted by Crippen LogP contribution is -2.34. The first-order chi connectivity index (χ1) is 11.9. The molecule has 1 aliphatic rings. The van der Waals surface area contributed by atoms with Crippen LogP contribution in [0.3, 0.4) is 0 Å². The third-order valence-electron chi connectivity index (χ3n) is 4.69. The molecule has 0 radical (unpaired) electrons. The van der Waals surface area contributed by atoms with E-state index >= 15 is 0 Å². The molecule has 0 N–H and O–H groups in total. The molecular weight excluding hydrogens is 336 g/mol. The Morgan fingerprint density at radius 3 is 2.92 bits per heavy atom. The highest BCUT2D eigenvalue weighted by Crippen LogP contribution is 2.30. The first-order valence-corrected chi connectivity index (χ1v) is 10.3. The minimum absolute atomic E-state index is 0.134. The molecule has 134 valence electrons. The zero-order valence-corrected chi connectivity index (χ0v) is 15.5. The lowest BCUT2D eigenvalue weighted by Gasteiger charge is -2.32. The average Bonchev–Trinajstić information content (AvgIpc) is 2.94. The number of aromatic nitrogens is 3. The first kappa shape index (κ1) is 17.8. The van der Waals surface area contributed by atoms with Crippen LogP contribution in [0.1, 0.15) is 35.7 Å². The van der Waals surface area contributed by atoms with Gasteiger partial charge in [-0.1, -0.05) is 6.58 Å². The Kier molecular flexibility index (Phi) is 5.06. The smallest absolute Gasteiger partial charge is 0.177 e. The summed E-state index contributed by atoms with van der Waals surface area (Å²) in [7, 11) is -3.27. The Balaban J connectivity index is 1.80. The molecule has 1 fully saturated rings. The zero-order chi connectivity index (χ0) is 18.0. The van der Waals surface area contributed by atoms with Crippen molar-refractivity contribution in [3.8, 4) is 0 Å². The Labute approximate surface area is 149 Å². The molecule has 0 bridgehead atoms. The van der Waals surface area contributed by atoms with Gasteiger partial charge in [-0.3, -0.25) is 9.88 Å². The summed E-state index contributed by atoms with van der Waals surface area (Å²) in [5.74, 6) is 0.134. The molecule has 0 aromatic carbocycles. The van der Waals surface area contributed by atoms with Crippen LogP contribution in [0.25, 0.3) is 6.20 Å². The third kappa shape index (κ3) is 3.99. The molecule has 0 spiro atoms. The van der Waals surface area contributed by atoms with Crippen molar-refractivity contribution < 1.29 is 8.42 Å². The fourth-order valence-electron chi connectivity index (χ4n) is 3.45. The number of sulfone groups is 1. The van der Waals surface area contributed by atoms with Crippen molar-refractivity contribution in [2.24, 2.45) is 0 Å². The SMILES string of the molecule is C=Cn1cc(CN2CCC[C@H](c3ncccc3S(C)(=O)=O)C2)c(C)n1.